The Morgan fingerprint density at radius 1 is 0.851 bits per heavy atom. The molecule has 1 unspecified atom stereocenters. The number of halogens is 1. The SMILES string of the molecule is CC[C@@]1(O)C(=O)OCc2c1cc1n(c2=O)Cc2c-1nc1cc(F)c(C)c3c1c2[C@@H](NC(=O)COCNC(=O)CNC(=O)CNC(=O)OCc1ccc(O[C@@H]2O[C@H](C(=O)O)[C@@H](O)[C@H](O)[C@H]2O)c(C(=O)NCCNC(=O)COC2/C=C\CCCCC2)c1)CC3. The van der Waals surface area contributed by atoms with Crippen molar-refractivity contribution in [1.82, 2.24) is 41.5 Å². The zero-order valence-electron chi connectivity index (χ0n) is 47.4. The number of aliphatic hydroxyl groups is 4. The maximum absolute atomic E-state index is 15.4. The molecule has 29 heteroatoms. The number of rotatable bonds is 22. The van der Waals surface area contributed by atoms with Crippen molar-refractivity contribution in [2.75, 3.05) is 46.1 Å². The van der Waals surface area contributed by atoms with Crippen LogP contribution in [-0.4, -0.2) is 166 Å². The second-order valence-corrected chi connectivity index (χ2v) is 21.5. The molecule has 28 nitrogen and oxygen atoms in total. The number of hydrogen-bond acceptors (Lipinski definition) is 20. The number of carboxylic acids is 1. The van der Waals surface area contributed by atoms with Gasteiger partial charge in [0.15, 0.2) is 11.7 Å². The van der Waals surface area contributed by atoms with Gasteiger partial charge >= 0.3 is 18.0 Å². The van der Waals surface area contributed by atoms with Crippen LogP contribution in [0, 0.1) is 12.7 Å². The number of carboxylic acid groups (broad SMARTS) is 1. The molecule has 3 aliphatic heterocycles. The van der Waals surface area contributed by atoms with Crippen molar-refractivity contribution in [2.24, 2.45) is 0 Å². The molecule has 5 heterocycles. The van der Waals surface area contributed by atoms with Crippen LogP contribution >= 0.6 is 0 Å². The number of hydrogen-bond donors (Lipinski definition) is 11. The molecule has 1 fully saturated rings. The Labute approximate surface area is 495 Å². The number of benzene rings is 2. The molecule has 0 bridgehead atoms. The average Bonchev–Trinajstić information content (AvgIpc) is 1.79. The number of aromatic nitrogens is 2. The molecule has 0 radical (unpaired) electrons. The number of allylic oxidation sites excluding steroid dienone is 1. The van der Waals surface area contributed by atoms with E-state index in [2.05, 4.69) is 31.9 Å². The predicted octanol–water partition coefficient (Wildman–Crippen LogP) is -0.214. The maximum Gasteiger partial charge on any atom is 0.407 e. The fourth-order valence-corrected chi connectivity index (χ4v) is 11.1. The van der Waals surface area contributed by atoms with Gasteiger partial charge in [-0.05, 0) is 85.9 Å². The Kier molecular flexibility index (Phi) is 19.9. The van der Waals surface area contributed by atoms with E-state index in [1.807, 2.05) is 12.2 Å². The van der Waals surface area contributed by atoms with E-state index in [0.29, 0.717) is 51.9 Å². The largest absolute Gasteiger partial charge is 0.479 e. The molecule has 1 saturated heterocycles. The van der Waals surface area contributed by atoms with Crippen LogP contribution < -0.4 is 42.2 Å². The van der Waals surface area contributed by atoms with Crippen LogP contribution in [-0.2, 0) is 84.2 Å². The van der Waals surface area contributed by atoms with E-state index in [1.54, 1.807) is 19.9 Å². The molecule has 0 saturated carbocycles. The van der Waals surface area contributed by atoms with Gasteiger partial charge in [0.2, 0.25) is 29.9 Å². The molecule has 9 rings (SSSR count). The number of nitrogens with one attached hydrogen (secondary N) is 6. The fourth-order valence-electron chi connectivity index (χ4n) is 11.1. The quantitative estimate of drug-likeness (QED) is 0.0185. The normalized spacial score (nSPS) is 23.0. The number of fused-ring (bicyclic) bond motifs is 5. The van der Waals surface area contributed by atoms with Crippen LogP contribution in [0.15, 0.2) is 47.3 Å². The molecule has 11 N–H and O–H groups in total. The van der Waals surface area contributed by atoms with Crippen LogP contribution in [0.25, 0.3) is 22.3 Å². The van der Waals surface area contributed by atoms with Gasteiger partial charge in [0.25, 0.3) is 11.5 Å². The van der Waals surface area contributed by atoms with Gasteiger partial charge in [-0.2, -0.15) is 0 Å². The van der Waals surface area contributed by atoms with E-state index in [4.69, 9.17) is 33.4 Å². The zero-order chi connectivity index (χ0) is 62.3. The highest BCUT2D eigenvalue weighted by Gasteiger charge is 2.49. The zero-order valence-corrected chi connectivity index (χ0v) is 47.4. The molecular weight excluding hydrogens is 1150 g/mol. The first kappa shape index (κ1) is 63.1. The number of pyridine rings is 2. The minimum atomic E-state index is -2.07. The Bertz CT molecular complexity index is 3470. The van der Waals surface area contributed by atoms with Crippen LogP contribution in [0.1, 0.15) is 107 Å². The first-order valence-electron chi connectivity index (χ1n) is 28.3. The lowest BCUT2D eigenvalue weighted by molar-refractivity contribution is -0.271. The maximum atomic E-state index is 15.4. The molecule has 4 aromatic rings. The van der Waals surface area contributed by atoms with E-state index in [1.165, 1.54) is 28.8 Å². The molecule has 2 aliphatic carbocycles. The summed E-state index contributed by atoms with van der Waals surface area (Å²) in [5.41, 5.74) is 0.870. The number of aliphatic hydroxyl groups excluding tert-OH is 3. The van der Waals surface area contributed by atoms with Crippen molar-refractivity contribution in [3.8, 4) is 17.1 Å². The Morgan fingerprint density at radius 2 is 1.62 bits per heavy atom. The molecule has 0 spiro atoms. The van der Waals surface area contributed by atoms with Gasteiger partial charge in [-0.15, -0.1) is 0 Å². The number of carbonyl (C=O) groups excluding carboxylic acids is 7. The van der Waals surface area contributed by atoms with Crippen LogP contribution in [0.3, 0.4) is 0 Å². The molecular formula is C58H67FN8O20. The molecule has 2 aromatic carbocycles. The first-order chi connectivity index (χ1) is 41.7. The van der Waals surface area contributed by atoms with Gasteiger partial charge in [0.1, 0.15) is 69.6 Å². The lowest BCUT2D eigenvalue weighted by atomic mass is 9.81. The van der Waals surface area contributed by atoms with Crippen LogP contribution in [0.2, 0.25) is 0 Å². The van der Waals surface area contributed by atoms with Crippen LogP contribution in [0.5, 0.6) is 5.75 Å². The van der Waals surface area contributed by atoms with Crippen molar-refractivity contribution in [3.63, 3.8) is 0 Å². The third-order valence-corrected chi connectivity index (χ3v) is 15.7. The predicted molar refractivity (Wildman–Crippen MR) is 297 cm³/mol. The number of amides is 6. The highest BCUT2D eigenvalue weighted by atomic mass is 19.1. The number of carbonyl (C=O) groups is 8. The number of ether oxygens (including phenoxy) is 6. The highest BCUT2D eigenvalue weighted by Crippen LogP contribution is 2.46. The lowest BCUT2D eigenvalue weighted by Crippen LogP contribution is -2.61. The Morgan fingerprint density at radius 3 is 2.40 bits per heavy atom. The topological polar surface area (TPSA) is 400 Å². The van der Waals surface area contributed by atoms with Crippen molar-refractivity contribution >= 4 is 58.5 Å². The molecule has 87 heavy (non-hydrogen) atoms. The van der Waals surface area contributed by atoms with Crippen LogP contribution in [0.4, 0.5) is 9.18 Å². The van der Waals surface area contributed by atoms with Gasteiger partial charge in [-0.3, -0.25) is 28.8 Å². The Balaban J connectivity index is 0.735. The summed E-state index contributed by atoms with van der Waals surface area (Å²) in [5.74, 6) is -6.68. The molecule has 466 valence electrons. The van der Waals surface area contributed by atoms with Gasteiger partial charge in [0, 0.05) is 35.7 Å². The van der Waals surface area contributed by atoms with Crippen molar-refractivity contribution < 1.29 is 96.7 Å². The monoisotopic (exact) mass is 1210 g/mol. The minimum absolute atomic E-state index is 0.0249. The van der Waals surface area contributed by atoms with Gasteiger partial charge in [-0.25, -0.2) is 23.8 Å². The van der Waals surface area contributed by atoms with E-state index in [-0.39, 0.29) is 78.9 Å². The molecule has 2 aromatic heterocycles. The molecule has 6 amide bonds. The summed E-state index contributed by atoms with van der Waals surface area (Å²) in [6.07, 6.45) is -1.75. The number of alkyl carbamates (subject to hydrolysis) is 1. The second-order valence-electron chi connectivity index (χ2n) is 21.5. The summed E-state index contributed by atoms with van der Waals surface area (Å²) in [7, 11) is 0. The van der Waals surface area contributed by atoms with Gasteiger partial charge in [0.05, 0.1) is 53.3 Å². The smallest absolute Gasteiger partial charge is 0.407 e. The second kappa shape index (κ2) is 27.5. The number of esters is 1. The average molecular weight is 1220 g/mol. The summed E-state index contributed by atoms with van der Waals surface area (Å²) >= 11 is 0. The lowest BCUT2D eigenvalue weighted by Gasteiger charge is -2.38. The fraction of sp³-hybridized carbons (Fsp3) is 0.483. The van der Waals surface area contributed by atoms with Crippen molar-refractivity contribution in [3.05, 3.63) is 103 Å². The molecule has 5 aliphatic rings. The number of nitrogens with zero attached hydrogens (tertiary/aromatic N) is 2. The van der Waals surface area contributed by atoms with E-state index in [9.17, 15) is 68.7 Å². The van der Waals surface area contributed by atoms with Crippen molar-refractivity contribution in [2.45, 2.75) is 133 Å². The van der Waals surface area contributed by atoms with E-state index < -0.39 is 134 Å². The summed E-state index contributed by atoms with van der Waals surface area (Å²) < 4.78 is 49.3. The summed E-state index contributed by atoms with van der Waals surface area (Å²) in [6, 6.07) is 5.95. The number of aryl methyl sites for hydroxylation is 1. The molecule has 8 atom stereocenters. The Hall–Kier alpha value is -8.45. The van der Waals surface area contributed by atoms with E-state index >= 15 is 4.39 Å². The summed E-state index contributed by atoms with van der Waals surface area (Å²) in [6.45, 7) is -0.0897. The van der Waals surface area contributed by atoms with Gasteiger partial charge < -0.3 is 90.4 Å². The standard InChI is InChI=1S/C58H67FN8O20/c1-3-58(81)35-18-39-47-33(22-67(39)53(76)34(35)24-84-56(58)79)46-37(13-12-31-28(2)36(59)19-38(66-47)45(31)46)65-44(71)25-82-27-64-42(69)20-62-41(68)21-63-57(80)85-23-29-11-14-40(86-55-50(74)48(72)49(73)51(87-55)54(77)78)32(17-29)52(75)61-16-15-60-43(70)26-83-30-9-7-5-4-6-8-10-30/h7,9,11,14,17-19,30,37,48-51,55,72-74,81H,3-6,8,10,12-13,15-16,20-27H2,1-2H3,(H,60,70)(H,61,75)(H,62,68)(H,63,80)(H,64,69)(H,65,71)(H,77,78)/b9-7-/t30?,37-,48-,49-,50+,51-,55+,58-/m0/s1. The van der Waals surface area contributed by atoms with E-state index in [0.717, 1.165) is 32.1 Å². The number of cyclic esters (lactones) is 1. The summed E-state index contributed by atoms with van der Waals surface area (Å²) in [4.78, 5) is 121. The highest BCUT2D eigenvalue weighted by molar-refractivity contribution is 5.97. The van der Waals surface area contributed by atoms with Crippen molar-refractivity contribution in [1.29, 1.82) is 0 Å². The summed E-state index contributed by atoms with van der Waals surface area (Å²) in [5, 5.41) is 67.7. The first-order valence-corrected chi connectivity index (χ1v) is 28.3. The number of aliphatic carboxylic acids is 1. The minimum Gasteiger partial charge on any atom is -0.479 e. The van der Waals surface area contributed by atoms with Gasteiger partial charge in [-0.1, -0.05) is 38.0 Å². The third kappa shape index (κ3) is 14.0. The third-order valence-electron chi connectivity index (χ3n) is 15.7.